The summed E-state index contributed by atoms with van der Waals surface area (Å²) in [6.07, 6.45) is -2.01. The number of nitrogens with one attached hydrogen (secondary N) is 1. The molecule has 3 aromatic carbocycles. The number of aromatic nitrogens is 2. The Bertz CT molecular complexity index is 2080. The van der Waals surface area contributed by atoms with Gasteiger partial charge in [0.05, 0.1) is 39.9 Å². The average molecular weight is 861 g/mol. The summed E-state index contributed by atoms with van der Waals surface area (Å²) in [5, 5.41) is 9.26. The molecule has 0 bridgehead atoms. The quantitative estimate of drug-likeness (QED) is 0.0419. The van der Waals surface area contributed by atoms with Crippen molar-refractivity contribution in [1.82, 2.24) is 14.2 Å². The van der Waals surface area contributed by atoms with Crippen LogP contribution in [0.15, 0.2) is 101 Å². The van der Waals surface area contributed by atoms with Gasteiger partial charge in [-0.25, -0.2) is 9.46 Å². The summed E-state index contributed by atoms with van der Waals surface area (Å²) < 4.78 is 50.0. The van der Waals surface area contributed by atoms with Crippen molar-refractivity contribution in [2.24, 2.45) is 0 Å². The Morgan fingerprint density at radius 2 is 1.40 bits per heavy atom. The molecule has 15 heteroatoms. The van der Waals surface area contributed by atoms with E-state index in [0.29, 0.717) is 11.5 Å². The summed E-state index contributed by atoms with van der Waals surface area (Å²) in [5.41, 5.74) is 0.119. The molecule has 1 aromatic heterocycles. The first-order valence-electron chi connectivity index (χ1n) is 20.4. The summed E-state index contributed by atoms with van der Waals surface area (Å²) in [4.78, 5) is 28.4. The minimum absolute atomic E-state index is 0.00321. The molecule has 60 heavy (non-hydrogen) atoms. The largest absolute Gasteiger partial charge is 0.497 e. The molecule has 1 N–H and O–H groups in total. The molecular weight excluding hydrogens is 800 g/mol. The highest BCUT2D eigenvalue weighted by Crippen LogP contribution is 2.52. The molecule has 0 radical (unpaired) electrons. The minimum Gasteiger partial charge on any atom is -0.497 e. The monoisotopic (exact) mass is 860 g/mol. The van der Waals surface area contributed by atoms with Crippen LogP contribution in [-0.4, -0.2) is 80.4 Å². The second kappa shape index (κ2) is 20.1. The van der Waals surface area contributed by atoms with Gasteiger partial charge >= 0.3 is 5.69 Å². The number of H-pyrrole nitrogens is 1. The highest BCUT2D eigenvalue weighted by atomic mass is 31.2. The fourth-order valence-corrected chi connectivity index (χ4v) is 10.2. The van der Waals surface area contributed by atoms with Gasteiger partial charge in [0.1, 0.15) is 35.4 Å². The summed E-state index contributed by atoms with van der Waals surface area (Å²) in [7, 11) is -1.20. The van der Waals surface area contributed by atoms with E-state index in [9.17, 15) is 14.9 Å². The molecule has 1 aliphatic heterocycles. The van der Waals surface area contributed by atoms with E-state index in [-0.39, 0.29) is 36.8 Å². The number of hydrogen-bond acceptors (Lipinski definition) is 11. The van der Waals surface area contributed by atoms with Crippen molar-refractivity contribution in [3.05, 3.63) is 129 Å². The van der Waals surface area contributed by atoms with Crippen LogP contribution in [0, 0.1) is 11.3 Å². The van der Waals surface area contributed by atoms with E-state index in [4.69, 9.17) is 32.4 Å². The Hall–Kier alpha value is -4.16. The number of rotatable bonds is 19. The maximum atomic E-state index is 13.6. The highest BCUT2D eigenvalue weighted by molar-refractivity contribution is 7.44. The molecule has 0 aliphatic carbocycles. The molecule has 324 valence electrons. The van der Waals surface area contributed by atoms with Crippen LogP contribution in [0.2, 0.25) is 18.1 Å². The van der Waals surface area contributed by atoms with Crippen LogP contribution in [0.3, 0.4) is 0 Å². The molecule has 5 atom stereocenters. The Labute approximate surface area is 356 Å². The van der Waals surface area contributed by atoms with Gasteiger partial charge in [-0.3, -0.25) is 14.3 Å². The Morgan fingerprint density at radius 1 is 0.850 bits per heavy atom. The summed E-state index contributed by atoms with van der Waals surface area (Å²) in [6, 6.07) is 29.0. The van der Waals surface area contributed by atoms with E-state index in [1.807, 2.05) is 78.9 Å². The second-order valence-electron chi connectivity index (χ2n) is 16.9. The smallest absolute Gasteiger partial charge is 0.330 e. The van der Waals surface area contributed by atoms with E-state index in [0.717, 1.165) is 16.7 Å². The van der Waals surface area contributed by atoms with Crippen molar-refractivity contribution in [3.8, 4) is 17.6 Å². The Balaban J connectivity index is 1.73. The number of hydrogen-bond donors (Lipinski definition) is 1. The number of nitrogens with zero attached hydrogens (tertiary/aromatic N) is 3. The molecule has 0 amide bonds. The fraction of sp³-hybridized carbons (Fsp3) is 0.489. The Morgan fingerprint density at radius 3 is 1.88 bits per heavy atom. The normalized spacial score (nSPS) is 19.1. The molecule has 1 saturated heterocycles. The van der Waals surface area contributed by atoms with Gasteiger partial charge in [-0.15, -0.1) is 0 Å². The van der Waals surface area contributed by atoms with Crippen molar-refractivity contribution < 1.29 is 32.4 Å². The van der Waals surface area contributed by atoms with Gasteiger partial charge < -0.3 is 32.4 Å². The van der Waals surface area contributed by atoms with Gasteiger partial charge in [0.15, 0.2) is 14.5 Å². The van der Waals surface area contributed by atoms with Crippen molar-refractivity contribution >= 4 is 16.8 Å². The molecule has 4 aromatic rings. The van der Waals surface area contributed by atoms with Crippen LogP contribution >= 0.6 is 8.53 Å². The first kappa shape index (κ1) is 46.9. The number of ether oxygens (including phenoxy) is 4. The SMILES string of the molecule is COc1ccc(C(OC[C@@H]2O[C@H](n3ccc(=O)[nH]c3=O)[C@@H](O[Si](C)(C)C(C)(C)C)[C@H]2OP(OCCC#N)N(C(C)C)C(C)C)(c2ccccc2)c2ccc(OC)cc2)cc1. The van der Waals surface area contributed by atoms with E-state index in [1.54, 1.807) is 14.2 Å². The standard InChI is InChI=1S/C45H61N4O9PSi/c1-31(2)49(32(3)4)59(55-29-15-27-46)57-40-38(56-42(48-28-26-39(50)47-43(48)51)41(40)58-60(10,11)44(5,6)7)30-54-45(33-16-13-12-14-17-33,34-18-22-36(52-8)23-19-34)35-20-24-37(53-9)25-21-35/h12-14,16-26,28,31-32,38,40-42H,15,29-30H2,1-11H3,(H,47,50,51)/t38-,40-,41-,42-,59?/m0/s1. The number of benzene rings is 3. The van der Waals surface area contributed by atoms with Crippen LogP contribution in [0.4, 0.5) is 0 Å². The zero-order valence-electron chi connectivity index (χ0n) is 36.7. The molecule has 1 fully saturated rings. The number of aromatic amines is 1. The third-order valence-corrected chi connectivity index (χ3v) is 17.8. The van der Waals surface area contributed by atoms with Crippen molar-refractivity contribution in [1.29, 1.82) is 5.26 Å². The van der Waals surface area contributed by atoms with E-state index in [2.05, 4.69) is 77.3 Å². The first-order chi connectivity index (χ1) is 28.5. The summed E-state index contributed by atoms with van der Waals surface area (Å²) in [5.74, 6) is 1.37. The van der Waals surface area contributed by atoms with Gasteiger partial charge in [-0.05, 0) is 86.8 Å². The van der Waals surface area contributed by atoms with E-state index in [1.165, 1.54) is 16.8 Å². The topological polar surface area (TPSA) is 147 Å². The lowest BCUT2D eigenvalue weighted by molar-refractivity contribution is -0.0943. The van der Waals surface area contributed by atoms with Crippen molar-refractivity contribution in [2.75, 3.05) is 27.4 Å². The maximum Gasteiger partial charge on any atom is 0.330 e. The predicted octanol–water partition coefficient (Wildman–Crippen LogP) is 8.51. The van der Waals surface area contributed by atoms with Gasteiger partial charge in [-0.2, -0.15) is 5.26 Å². The molecule has 13 nitrogen and oxygen atoms in total. The number of methoxy groups -OCH3 is 2. The van der Waals surface area contributed by atoms with Gasteiger partial charge in [0, 0.05) is 24.3 Å². The van der Waals surface area contributed by atoms with Crippen molar-refractivity contribution in [2.45, 2.75) is 115 Å². The molecule has 1 aliphatic rings. The second-order valence-corrected chi connectivity index (χ2v) is 23.0. The van der Waals surface area contributed by atoms with Crippen LogP contribution in [0.25, 0.3) is 0 Å². The molecular formula is C45H61N4O9PSi. The van der Waals surface area contributed by atoms with Crippen LogP contribution < -0.4 is 20.7 Å². The van der Waals surface area contributed by atoms with Gasteiger partial charge in [0.2, 0.25) is 0 Å². The van der Waals surface area contributed by atoms with Crippen LogP contribution in [0.1, 0.15) is 77.8 Å². The Kier molecular flexibility index (Phi) is 15.7. The zero-order chi connectivity index (χ0) is 43.8. The lowest BCUT2D eigenvalue weighted by Gasteiger charge is -2.42. The zero-order valence-corrected chi connectivity index (χ0v) is 38.6. The molecule has 0 saturated carbocycles. The first-order valence-corrected chi connectivity index (χ1v) is 24.4. The third kappa shape index (κ3) is 10.5. The lowest BCUT2D eigenvalue weighted by atomic mass is 9.80. The van der Waals surface area contributed by atoms with E-state index >= 15 is 0 Å². The van der Waals surface area contributed by atoms with Crippen LogP contribution in [0.5, 0.6) is 11.5 Å². The molecule has 2 heterocycles. The maximum absolute atomic E-state index is 13.6. The van der Waals surface area contributed by atoms with Gasteiger partial charge in [-0.1, -0.05) is 75.4 Å². The predicted molar refractivity (Wildman–Crippen MR) is 236 cm³/mol. The molecule has 1 unspecified atom stereocenters. The number of nitriles is 1. The summed E-state index contributed by atoms with van der Waals surface area (Å²) >= 11 is 0. The van der Waals surface area contributed by atoms with Crippen LogP contribution in [-0.2, 0) is 28.5 Å². The fourth-order valence-electron chi connectivity index (χ4n) is 7.14. The summed E-state index contributed by atoms with van der Waals surface area (Å²) in [6.45, 7) is 19.1. The molecule has 0 spiro atoms. The van der Waals surface area contributed by atoms with Crippen molar-refractivity contribution in [3.63, 3.8) is 0 Å². The lowest BCUT2D eigenvalue weighted by Crippen LogP contribution is -2.50. The highest BCUT2D eigenvalue weighted by Gasteiger charge is 2.54. The third-order valence-electron chi connectivity index (χ3n) is 11.2. The van der Waals surface area contributed by atoms with Gasteiger partial charge in [0.25, 0.3) is 14.1 Å². The average Bonchev–Trinajstić information content (AvgIpc) is 3.53. The minimum atomic E-state index is -2.64. The van der Waals surface area contributed by atoms with E-state index < -0.39 is 58.2 Å². The molecule has 5 rings (SSSR count).